The van der Waals surface area contributed by atoms with E-state index in [4.69, 9.17) is 4.74 Å². The molecule has 1 fully saturated rings. The van der Waals surface area contributed by atoms with Gasteiger partial charge in [-0.15, -0.1) is 5.10 Å². The van der Waals surface area contributed by atoms with Gasteiger partial charge in [-0.05, 0) is 5.56 Å². The summed E-state index contributed by atoms with van der Waals surface area (Å²) in [6.45, 7) is 5.71. The molecule has 0 atom stereocenters. The van der Waals surface area contributed by atoms with Crippen molar-refractivity contribution in [2.24, 2.45) is 0 Å². The first-order valence-corrected chi connectivity index (χ1v) is 9.34. The van der Waals surface area contributed by atoms with Crippen molar-refractivity contribution in [3.05, 3.63) is 60.2 Å². The molecule has 2 aromatic heterocycles. The molecule has 1 aliphatic rings. The Kier molecular flexibility index (Phi) is 5.74. The van der Waals surface area contributed by atoms with Crippen molar-refractivity contribution in [1.29, 1.82) is 0 Å². The Hall–Kier alpha value is -3.04. The summed E-state index contributed by atoms with van der Waals surface area (Å²) >= 11 is 0. The number of hydrogen-bond donors (Lipinski definition) is 1. The van der Waals surface area contributed by atoms with E-state index in [0.29, 0.717) is 12.2 Å². The maximum absolute atomic E-state index is 12.4. The Morgan fingerprint density at radius 3 is 2.71 bits per heavy atom. The fourth-order valence-electron chi connectivity index (χ4n) is 3.06. The Bertz CT molecular complexity index is 900. The molecule has 1 saturated heterocycles. The third-order valence-electron chi connectivity index (χ3n) is 4.60. The topological polar surface area (TPSA) is 90.1 Å². The van der Waals surface area contributed by atoms with Crippen molar-refractivity contribution in [2.75, 3.05) is 38.2 Å². The minimum absolute atomic E-state index is 0.275. The minimum Gasteiger partial charge on any atom is -0.379 e. The van der Waals surface area contributed by atoms with E-state index < -0.39 is 0 Å². The van der Waals surface area contributed by atoms with Crippen LogP contribution in [0.15, 0.2) is 48.9 Å². The van der Waals surface area contributed by atoms with Crippen LogP contribution in [-0.2, 0) is 17.8 Å². The van der Waals surface area contributed by atoms with Crippen LogP contribution in [0.2, 0.25) is 0 Å². The summed E-state index contributed by atoms with van der Waals surface area (Å²) in [5.74, 6) is -0.299. The normalized spacial score (nSPS) is 14.9. The van der Waals surface area contributed by atoms with Crippen LogP contribution in [0.4, 0.5) is 5.69 Å². The van der Waals surface area contributed by atoms with E-state index in [2.05, 4.69) is 25.6 Å². The van der Waals surface area contributed by atoms with Gasteiger partial charge in [0.2, 0.25) is 0 Å². The van der Waals surface area contributed by atoms with E-state index in [1.165, 1.54) is 0 Å². The lowest BCUT2D eigenvalue weighted by Gasteiger charge is -2.26. The lowest BCUT2D eigenvalue weighted by Crippen LogP contribution is -2.38. The molecular formula is C19H23N7O2. The molecule has 9 heteroatoms. The molecule has 1 amide bonds. The third-order valence-corrected chi connectivity index (χ3v) is 4.60. The second-order valence-corrected chi connectivity index (χ2v) is 6.69. The molecule has 0 unspecified atom stereocenters. The lowest BCUT2D eigenvalue weighted by molar-refractivity contribution is 0.0360. The minimum atomic E-state index is -0.299. The van der Waals surface area contributed by atoms with E-state index in [1.54, 1.807) is 17.1 Å². The van der Waals surface area contributed by atoms with E-state index >= 15 is 0 Å². The SMILES string of the molecule is O=C(Nc1cnn(CCN2CCOCC2)c1)c1cn(Cc2ccccc2)nn1. The zero-order valence-corrected chi connectivity index (χ0v) is 15.6. The second-order valence-electron chi connectivity index (χ2n) is 6.69. The Morgan fingerprint density at radius 2 is 1.89 bits per heavy atom. The van der Waals surface area contributed by atoms with E-state index in [0.717, 1.165) is 45.0 Å². The van der Waals surface area contributed by atoms with Crippen molar-refractivity contribution in [3.63, 3.8) is 0 Å². The molecule has 3 aromatic rings. The van der Waals surface area contributed by atoms with Crippen LogP contribution in [0.1, 0.15) is 16.1 Å². The van der Waals surface area contributed by atoms with Crippen LogP contribution < -0.4 is 5.32 Å². The highest BCUT2D eigenvalue weighted by Crippen LogP contribution is 2.08. The van der Waals surface area contributed by atoms with Gasteiger partial charge in [-0.3, -0.25) is 14.4 Å². The summed E-state index contributed by atoms with van der Waals surface area (Å²) in [6.07, 6.45) is 5.11. The summed E-state index contributed by atoms with van der Waals surface area (Å²) in [7, 11) is 0. The van der Waals surface area contributed by atoms with Gasteiger partial charge in [-0.25, -0.2) is 4.68 Å². The van der Waals surface area contributed by atoms with Crippen LogP contribution in [0, 0.1) is 0 Å². The van der Waals surface area contributed by atoms with Gasteiger partial charge < -0.3 is 10.1 Å². The fourth-order valence-corrected chi connectivity index (χ4v) is 3.06. The van der Waals surface area contributed by atoms with Gasteiger partial charge in [0.15, 0.2) is 5.69 Å². The Morgan fingerprint density at radius 1 is 1.07 bits per heavy atom. The second kappa shape index (κ2) is 8.77. The summed E-state index contributed by atoms with van der Waals surface area (Å²) in [4.78, 5) is 14.7. The van der Waals surface area contributed by atoms with Gasteiger partial charge in [0, 0.05) is 25.8 Å². The van der Waals surface area contributed by atoms with Gasteiger partial charge in [0.25, 0.3) is 5.91 Å². The van der Waals surface area contributed by atoms with Gasteiger partial charge in [0.05, 0.1) is 44.4 Å². The smallest absolute Gasteiger partial charge is 0.277 e. The zero-order chi connectivity index (χ0) is 19.2. The highest BCUT2D eigenvalue weighted by Gasteiger charge is 2.13. The number of ether oxygens (including phenoxy) is 1. The molecule has 0 radical (unpaired) electrons. The quantitative estimate of drug-likeness (QED) is 0.659. The van der Waals surface area contributed by atoms with Crippen LogP contribution in [0.3, 0.4) is 0 Å². The average Bonchev–Trinajstić information content (AvgIpc) is 3.38. The molecule has 1 N–H and O–H groups in total. The van der Waals surface area contributed by atoms with Crippen LogP contribution in [0.25, 0.3) is 0 Å². The first-order valence-electron chi connectivity index (χ1n) is 9.34. The van der Waals surface area contributed by atoms with Crippen molar-refractivity contribution in [1.82, 2.24) is 29.7 Å². The fraction of sp³-hybridized carbons (Fsp3) is 0.368. The van der Waals surface area contributed by atoms with Crippen LogP contribution in [-0.4, -0.2) is 68.4 Å². The van der Waals surface area contributed by atoms with Crippen molar-refractivity contribution in [2.45, 2.75) is 13.1 Å². The van der Waals surface area contributed by atoms with Crippen molar-refractivity contribution in [3.8, 4) is 0 Å². The number of carbonyl (C=O) groups is 1. The largest absolute Gasteiger partial charge is 0.379 e. The number of benzene rings is 1. The monoisotopic (exact) mass is 381 g/mol. The van der Waals surface area contributed by atoms with E-state index in [9.17, 15) is 4.79 Å². The summed E-state index contributed by atoms with van der Waals surface area (Å²) in [5, 5.41) is 15.1. The maximum atomic E-state index is 12.4. The molecule has 146 valence electrons. The summed E-state index contributed by atoms with van der Waals surface area (Å²) in [5.41, 5.74) is 2.02. The maximum Gasteiger partial charge on any atom is 0.277 e. The molecule has 0 saturated carbocycles. The molecule has 1 aliphatic heterocycles. The summed E-state index contributed by atoms with van der Waals surface area (Å²) < 4.78 is 8.83. The van der Waals surface area contributed by atoms with E-state index in [1.807, 2.05) is 41.2 Å². The number of nitrogens with one attached hydrogen (secondary N) is 1. The molecule has 3 heterocycles. The van der Waals surface area contributed by atoms with E-state index in [-0.39, 0.29) is 11.6 Å². The predicted octanol–water partition coefficient (Wildman–Crippen LogP) is 1.11. The first-order chi connectivity index (χ1) is 13.8. The van der Waals surface area contributed by atoms with Gasteiger partial charge in [-0.2, -0.15) is 5.10 Å². The number of carbonyl (C=O) groups excluding carboxylic acids is 1. The molecule has 0 aliphatic carbocycles. The molecule has 4 rings (SSSR count). The zero-order valence-electron chi connectivity index (χ0n) is 15.6. The van der Waals surface area contributed by atoms with Crippen LogP contribution in [0.5, 0.6) is 0 Å². The standard InChI is InChI=1S/C19H23N7O2/c27-19(18-15-26(23-22-18)13-16-4-2-1-3-5-16)21-17-12-20-25(14-17)7-6-24-8-10-28-11-9-24/h1-5,12,14-15H,6-11,13H2,(H,21,27). The number of nitrogens with zero attached hydrogens (tertiary/aromatic N) is 6. The molecule has 9 nitrogen and oxygen atoms in total. The molecule has 0 bridgehead atoms. The average molecular weight is 381 g/mol. The van der Waals surface area contributed by atoms with Gasteiger partial charge in [0.1, 0.15) is 0 Å². The number of amides is 1. The number of rotatable bonds is 7. The van der Waals surface area contributed by atoms with Gasteiger partial charge in [-0.1, -0.05) is 35.5 Å². The van der Waals surface area contributed by atoms with Crippen molar-refractivity contribution >= 4 is 11.6 Å². The molecule has 1 aromatic carbocycles. The van der Waals surface area contributed by atoms with Gasteiger partial charge >= 0.3 is 0 Å². The number of aromatic nitrogens is 5. The Labute approximate surface area is 162 Å². The lowest BCUT2D eigenvalue weighted by atomic mass is 10.2. The third kappa shape index (κ3) is 4.81. The Balaban J connectivity index is 1.29. The predicted molar refractivity (Wildman–Crippen MR) is 103 cm³/mol. The molecule has 28 heavy (non-hydrogen) atoms. The first kappa shape index (κ1) is 18.3. The highest BCUT2D eigenvalue weighted by atomic mass is 16.5. The molecular weight excluding hydrogens is 358 g/mol. The highest BCUT2D eigenvalue weighted by molar-refractivity contribution is 6.02. The number of hydrogen-bond acceptors (Lipinski definition) is 6. The number of morpholine rings is 1. The number of anilines is 1. The van der Waals surface area contributed by atoms with Crippen molar-refractivity contribution < 1.29 is 9.53 Å². The summed E-state index contributed by atoms with van der Waals surface area (Å²) in [6, 6.07) is 9.91. The van der Waals surface area contributed by atoms with Crippen LogP contribution >= 0.6 is 0 Å². The molecule has 0 spiro atoms.